The lowest BCUT2D eigenvalue weighted by Gasteiger charge is -2.24. The molecule has 0 aliphatic carbocycles. The van der Waals surface area contributed by atoms with Crippen molar-refractivity contribution in [2.75, 3.05) is 13.2 Å². The summed E-state index contributed by atoms with van der Waals surface area (Å²) in [7, 11) is 0. The summed E-state index contributed by atoms with van der Waals surface area (Å²) in [6.07, 6.45) is 6.12. The fraction of sp³-hybridized carbons (Fsp3) is 0.400. The molecule has 13 heteroatoms. The lowest BCUT2D eigenvalue weighted by molar-refractivity contribution is -0.142. The van der Waals surface area contributed by atoms with Gasteiger partial charge in [0.25, 0.3) is 0 Å². The fourth-order valence-corrected chi connectivity index (χ4v) is 4.47. The summed E-state index contributed by atoms with van der Waals surface area (Å²) in [6, 6.07) is 3.30. The van der Waals surface area contributed by atoms with Crippen LogP contribution in [-0.2, 0) is 32.0 Å². The second kappa shape index (κ2) is 12.3. The lowest BCUT2D eigenvalue weighted by Crippen LogP contribution is -2.58. The predicted octanol–water partition coefficient (Wildman–Crippen LogP) is -1.04. The Morgan fingerprint density at radius 2 is 1.76 bits per heavy atom. The molecular weight excluding hydrogens is 494 g/mol. The third kappa shape index (κ3) is 6.55. The summed E-state index contributed by atoms with van der Waals surface area (Å²) in [4.78, 5) is 60.4. The normalized spacial score (nSPS) is 17.4. The van der Waals surface area contributed by atoms with E-state index in [2.05, 4.69) is 36.2 Å². The molecule has 1 aliphatic heterocycles. The van der Waals surface area contributed by atoms with Crippen molar-refractivity contribution in [1.29, 1.82) is 0 Å². The van der Waals surface area contributed by atoms with Crippen molar-refractivity contribution in [2.24, 2.45) is 0 Å². The molecule has 0 spiro atoms. The molecule has 1 aromatic carbocycles. The van der Waals surface area contributed by atoms with Gasteiger partial charge in [0.05, 0.1) is 19.0 Å². The number of carboxylic acid groups (broad SMARTS) is 1. The zero-order chi connectivity index (χ0) is 27.1. The molecule has 0 bridgehead atoms. The Kier molecular flexibility index (Phi) is 8.71. The standard InChI is InChI=1S/C25H31N7O6/c33-12-21(24(36)31-20(25(37)38)9-15-11-26-13-29-15)32-23(35)19(30-22(34)18-6-3-7-27-18)8-14-10-28-17-5-2-1-4-16(14)17/h1-2,4-5,10-11,13,18-21,27-28,33H,3,6-9,12H2,(H,26,29)(H,30,34)(H,31,36)(H,32,35)(H,37,38). The number of para-hydroxylation sites is 1. The summed E-state index contributed by atoms with van der Waals surface area (Å²) in [5.74, 6) is -3.18. The molecule has 0 radical (unpaired) electrons. The highest BCUT2D eigenvalue weighted by molar-refractivity contribution is 5.95. The summed E-state index contributed by atoms with van der Waals surface area (Å²) in [5, 5.41) is 30.9. The van der Waals surface area contributed by atoms with E-state index in [-0.39, 0.29) is 18.7 Å². The van der Waals surface area contributed by atoms with Crippen molar-refractivity contribution in [3.05, 3.63) is 54.2 Å². The molecule has 4 rings (SSSR count). The van der Waals surface area contributed by atoms with Gasteiger partial charge in [-0.2, -0.15) is 0 Å². The molecule has 13 nitrogen and oxygen atoms in total. The molecule has 1 fully saturated rings. The molecule has 4 unspecified atom stereocenters. The number of fused-ring (bicyclic) bond motifs is 1. The molecule has 1 aliphatic rings. The van der Waals surface area contributed by atoms with E-state index in [9.17, 15) is 29.4 Å². The molecule has 3 aromatic rings. The van der Waals surface area contributed by atoms with Crippen LogP contribution >= 0.6 is 0 Å². The zero-order valence-electron chi connectivity index (χ0n) is 20.6. The van der Waals surface area contributed by atoms with E-state index in [1.807, 2.05) is 24.3 Å². The SMILES string of the molecule is O=C(O)C(Cc1cnc[nH]1)NC(=O)C(CO)NC(=O)C(Cc1c[nH]c2ccccc12)NC(=O)C1CCCN1. The third-order valence-electron chi connectivity index (χ3n) is 6.52. The average Bonchev–Trinajstić information content (AvgIpc) is 3.69. The highest BCUT2D eigenvalue weighted by atomic mass is 16.4. The summed E-state index contributed by atoms with van der Waals surface area (Å²) in [5.41, 5.74) is 2.15. The minimum absolute atomic E-state index is 0.0686. The van der Waals surface area contributed by atoms with Crippen LogP contribution in [0.3, 0.4) is 0 Å². The van der Waals surface area contributed by atoms with Crippen LogP contribution in [0, 0.1) is 0 Å². The van der Waals surface area contributed by atoms with Gasteiger partial charge in [-0.05, 0) is 31.0 Å². The number of benzene rings is 1. The molecule has 2 aromatic heterocycles. The van der Waals surface area contributed by atoms with Gasteiger partial charge < -0.3 is 41.4 Å². The van der Waals surface area contributed by atoms with Gasteiger partial charge in [0.1, 0.15) is 18.1 Å². The van der Waals surface area contributed by atoms with Gasteiger partial charge in [-0.3, -0.25) is 14.4 Å². The Bertz CT molecular complexity index is 1270. The number of aromatic amines is 2. The highest BCUT2D eigenvalue weighted by Crippen LogP contribution is 2.19. The van der Waals surface area contributed by atoms with Gasteiger partial charge in [-0.25, -0.2) is 9.78 Å². The number of hydrogen-bond acceptors (Lipinski definition) is 7. The molecule has 8 N–H and O–H groups in total. The fourth-order valence-electron chi connectivity index (χ4n) is 4.47. The van der Waals surface area contributed by atoms with E-state index in [4.69, 9.17) is 0 Å². The summed E-state index contributed by atoms with van der Waals surface area (Å²) < 4.78 is 0. The minimum Gasteiger partial charge on any atom is -0.480 e. The van der Waals surface area contributed by atoms with Crippen molar-refractivity contribution in [3.63, 3.8) is 0 Å². The first kappa shape index (κ1) is 26.8. The smallest absolute Gasteiger partial charge is 0.326 e. The van der Waals surface area contributed by atoms with Crippen LogP contribution in [-0.4, -0.2) is 86.2 Å². The third-order valence-corrected chi connectivity index (χ3v) is 6.52. The van der Waals surface area contributed by atoms with Crippen LogP contribution in [0.25, 0.3) is 10.9 Å². The number of carbonyl (C=O) groups is 4. The number of aliphatic hydroxyl groups excluding tert-OH is 1. The van der Waals surface area contributed by atoms with Crippen LogP contribution in [0.5, 0.6) is 0 Å². The molecule has 202 valence electrons. The van der Waals surface area contributed by atoms with E-state index in [1.165, 1.54) is 12.5 Å². The Morgan fingerprint density at radius 3 is 2.45 bits per heavy atom. The number of amides is 3. The van der Waals surface area contributed by atoms with E-state index in [1.54, 1.807) is 6.20 Å². The second-order valence-electron chi connectivity index (χ2n) is 9.20. The first-order valence-electron chi connectivity index (χ1n) is 12.4. The second-order valence-corrected chi connectivity index (χ2v) is 9.20. The maximum atomic E-state index is 13.3. The number of aliphatic carboxylic acids is 1. The first-order chi connectivity index (χ1) is 18.4. The van der Waals surface area contributed by atoms with Crippen LogP contribution in [0.15, 0.2) is 43.0 Å². The number of rotatable bonds is 12. The van der Waals surface area contributed by atoms with Crippen molar-refractivity contribution >= 4 is 34.6 Å². The quantitative estimate of drug-likeness (QED) is 0.146. The molecule has 38 heavy (non-hydrogen) atoms. The molecule has 3 amide bonds. The molecule has 3 heterocycles. The number of imidazole rings is 1. The number of nitrogens with zero attached hydrogens (tertiary/aromatic N) is 1. The van der Waals surface area contributed by atoms with E-state index < -0.39 is 48.6 Å². The highest BCUT2D eigenvalue weighted by Gasteiger charge is 2.32. The largest absolute Gasteiger partial charge is 0.480 e. The van der Waals surface area contributed by atoms with Crippen LogP contribution in [0.1, 0.15) is 24.1 Å². The Balaban J connectivity index is 1.47. The molecule has 1 saturated heterocycles. The molecule has 0 saturated carbocycles. The van der Waals surface area contributed by atoms with Crippen LogP contribution < -0.4 is 21.3 Å². The zero-order valence-corrected chi connectivity index (χ0v) is 20.6. The Hall–Kier alpha value is -4.23. The van der Waals surface area contributed by atoms with Crippen molar-refractivity contribution in [3.8, 4) is 0 Å². The van der Waals surface area contributed by atoms with Gasteiger partial charge in [0.2, 0.25) is 17.7 Å². The summed E-state index contributed by atoms with van der Waals surface area (Å²) >= 11 is 0. The number of H-pyrrole nitrogens is 2. The Labute approximate surface area is 217 Å². The predicted molar refractivity (Wildman–Crippen MR) is 136 cm³/mol. The number of nitrogens with one attached hydrogen (secondary N) is 6. The van der Waals surface area contributed by atoms with E-state index in [0.29, 0.717) is 18.7 Å². The Morgan fingerprint density at radius 1 is 1.00 bits per heavy atom. The minimum atomic E-state index is -1.43. The van der Waals surface area contributed by atoms with Gasteiger partial charge >= 0.3 is 5.97 Å². The number of aliphatic hydroxyl groups is 1. The maximum absolute atomic E-state index is 13.3. The lowest BCUT2D eigenvalue weighted by atomic mass is 10.0. The number of aromatic nitrogens is 3. The number of hydrogen-bond donors (Lipinski definition) is 8. The molecular formula is C25H31N7O6. The topological polar surface area (TPSA) is 201 Å². The van der Waals surface area contributed by atoms with E-state index in [0.717, 1.165) is 22.9 Å². The van der Waals surface area contributed by atoms with Gasteiger partial charge in [0, 0.05) is 41.8 Å². The number of carboxylic acids is 1. The number of carbonyl (C=O) groups excluding carboxylic acids is 3. The van der Waals surface area contributed by atoms with Crippen LogP contribution in [0.4, 0.5) is 0 Å². The first-order valence-corrected chi connectivity index (χ1v) is 12.4. The van der Waals surface area contributed by atoms with E-state index >= 15 is 0 Å². The van der Waals surface area contributed by atoms with Gasteiger partial charge in [-0.1, -0.05) is 18.2 Å². The van der Waals surface area contributed by atoms with Gasteiger partial charge in [-0.15, -0.1) is 0 Å². The van der Waals surface area contributed by atoms with Gasteiger partial charge in [0.15, 0.2) is 0 Å². The van der Waals surface area contributed by atoms with Crippen molar-refractivity contribution in [2.45, 2.75) is 49.9 Å². The van der Waals surface area contributed by atoms with Crippen LogP contribution in [0.2, 0.25) is 0 Å². The van der Waals surface area contributed by atoms with Crippen molar-refractivity contribution in [1.82, 2.24) is 36.2 Å². The maximum Gasteiger partial charge on any atom is 0.326 e. The summed E-state index contributed by atoms with van der Waals surface area (Å²) in [6.45, 7) is -0.0701. The molecule has 4 atom stereocenters. The van der Waals surface area contributed by atoms with Crippen molar-refractivity contribution < 1.29 is 29.4 Å². The monoisotopic (exact) mass is 525 g/mol. The average molecular weight is 526 g/mol.